The van der Waals surface area contributed by atoms with Crippen LogP contribution in [-0.2, 0) is 9.59 Å². The third kappa shape index (κ3) is 3.36. The number of carbonyl (C=O) groups is 3. The van der Waals surface area contributed by atoms with E-state index in [1.54, 1.807) is 13.0 Å². The molecule has 112 valence electrons. The molecule has 0 spiro atoms. The van der Waals surface area contributed by atoms with E-state index in [2.05, 4.69) is 0 Å². The van der Waals surface area contributed by atoms with E-state index < -0.39 is 11.8 Å². The number of ketones is 1. The van der Waals surface area contributed by atoms with Crippen LogP contribution < -0.4 is 0 Å². The smallest absolute Gasteiger partial charge is 0.312 e. The molecule has 0 radical (unpaired) electrons. The third-order valence-electron chi connectivity index (χ3n) is 3.34. The monoisotopic (exact) mass is 328 g/mol. The number of hydrogen-bond acceptors (Lipinski definition) is 3. The Morgan fingerprint density at radius 3 is 2.38 bits per heavy atom. The van der Waals surface area contributed by atoms with Gasteiger partial charge in [0.25, 0.3) is 0 Å². The second-order valence-corrected chi connectivity index (χ2v) is 5.50. The Morgan fingerprint density at radius 2 is 1.76 bits per heavy atom. The van der Waals surface area contributed by atoms with Gasteiger partial charge in [-0.2, -0.15) is 0 Å². The van der Waals surface area contributed by atoms with Gasteiger partial charge in [0.05, 0.1) is 11.6 Å². The molecular weight excluding hydrogens is 315 g/mol. The van der Waals surface area contributed by atoms with Gasteiger partial charge in [0.1, 0.15) is 0 Å². The number of carbonyl (C=O) groups excluding carboxylic acids is 3. The van der Waals surface area contributed by atoms with Crippen molar-refractivity contribution in [2.24, 2.45) is 0 Å². The van der Waals surface area contributed by atoms with Crippen molar-refractivity contribution in [1.82, 2.24) is 9.80 Å². The molecular formula is C14H14Cl2N2O3. The van der Waals surface area contributed by atoms with Gasteiger partial charge in [-0.3, -0.25) is 14.4 Å². The zero-order valence-electron chi connectivity index (χ0n) is 11.4. The molecule has 1 aromatic carbocycles. The highest BCUT2D eigenvalue weighted by Crippen LogP contribution is 2.21. The number of Topliss-reactive ketones (excluding diaryl/α,β-unsaturated/α-hetero) is 1. The minimum atomic E-state index is -0.651. The van der Waals surface area contributed by atoms with Crippen LogP contribution in [0.3, 0.4) is 0 Å². The molecule has 0 bridgehead atoms. The summed E-state index contributed by atoms with van der Waals surface area (Å²) >= 11 is 11.7. The van der Waals surface area contributed by atoms with Crippen LogP contribution in [0.5, 0.6) is 0 Å². The van der Waals surface area contributed by atoms with Crippen LogP contribution in [0.25, 0.3) is 0 Å². The van der Waals surface area contributed by atoms with E-state index in [9.17, 15) is 14.4 Å². The maximum Gasteiger partial charge on any atom is 0.312 e. The molecule has 0 saturated carbocycles. The van der Waals surface area contributed by atoms with Crippen LogP contribution in [0, 0.1) is 0 Å². The van der Waals surface area contributed by atoms with Crippen LogP contribution in [-0.4, -0.2) is 53.6 Å². The highest BCUT2D eigenvalue weighted by Gasteiger charge is 2.32. The molecule has 21 heavy (non-hydrogen) atoms. The van der Waals surface area contributed by atoms with E-state index in [1.807, 2.05) is 0 Å². The van der Waals surface area contributed by atoms with Crippen molar-refractivity contribution in [3.8, 4) is 0 Å². The minimum absolute atomic E-state index is 0.163. The molecule has 0 N–H and O–H groups in total. The van der Waals surface area contributed by atoms with Gasteiger partial charge in [0.2, 0.25) is 0 Å². The van der Waals surface area contributed by atoms with Gasteiger partial charge >= 0.3 is 11.8 Å². The van der Waals surface area contributed by atoms with Crippen molar-refractivity contribution >= 4 is 40.8 Å². The summed E-state index contributed by atoms with van der Waals surface area (Å²) in [5.41, 5.74) is 0.291. The van der Waals surface area contributed by atoms with Crippen molar-refractivity contribution in [1.29, 1.82) is 0 Å². The lowest BCUT2D eigenvalue weighted by atomic mass is 10.1. The SMILES string of the molecule is CCN1CCN(CC(=O)c2ccc(Cl)cc2Cl)C(=O)C1=O. The second-order valence-electron chi connectivity index (χ2n) is 4.66. The highest BCUT2D eigenvalue weighted by molar-refractivity contribution is 6.37. The van der Waals surface area contributed by atoms with E-state index in [1.165, 1.54) is 21.9 Å². The minimum Gasteiger partial charge on any atom is -0.333 e. The number of rotatable bonds is 4. The Kier molecular flexibility index (Phi) is 4.85. The number of piperazine rings is 1. The Bertz CT molecular complexity index is 604. The first kappa shape index (κ1) is 15.8. The van der Waals surface area contributed by atoms with Crippen LogP contribution >= 0.6 is 23.2 Å². The van der Waals surface area contributed by atoms with Crippen LogP contribution in [0.4, 0.5) is 0 Å². The quantitative estimate of drug-likeness (QED) is 0.626. The van der Waals surface area contributed by atoms with Gasteiger partial charge in [-0.25, -0.2) is 0 Å². The Hall–Kier alpha value is -1.59. The van der Waals surface area contributed by atoms with E-state index in [-0.39, 0.29) is 17.4 Å². The molecule has 0 atom stereocenters. The van der Waals surface area contributed by atoms with Gasteiger partial charge in [0, 0.05) is 30.2 Å². The fraction of sp³-hybridized carbons (Fsp3) is 0.357. The number of benzene rings is 1. The van der Waals surface area contributed by atoms with Crippen LogP contribution in [0.15, 0.2) is 18.2 Å². The fourth-order valence-corrected chi connectivity index (χ4v) is 2.66. The number of halogens is 2. The summed E-state index contributed by atoms with van der Waals surface area (Å²) in [5, 5.41) is 0.665. The molecule has 2 amide bonds. The summed E-state index contributed by atoms with van der Waals surface area (Å²) in [5.74, 6) is -1.54. The topological polar surface area (TPSA) is 57.7 Å². The van der Waals surface area contributed by atoms with Gasteiger partial charge in [-0.05, 0) is 25.1 Å². The van der Waals surface area contributed by atoms with Gasteiger partial charge in [0.15, 0.2) is 5.78 Å². The van der Waals surface area contributed by atoms with Gasteiger partial charge in [-0.1, -0.05) is 23.2 Å². The van der Waals surface area contributed by atoms with Crippen molar-refractivity contribution in [3.05, 3.63) is 33.8 Å². The second kappa shape index (κ2) is 6.45. The number of hydrogen-bond donors (Lipinski definition) is 0. The first-order chi connectivity index (χ1) is 9.93. The van der Waals surface area contributed by atoms with Crippen molar-refractivity contribution < 1.29 is 14.4 Å². The average Bonchev–Trinajstić information content (AvgIpc) is 2.44. The zero-order chi connectivity index (χ0) is 15.6. The summed E-state index contributed by atoms with van der Waals surface area (Å²) < 4.78 is 0. The molecule has 1 aromatic rings. The lowest BCUT2D eigenvalue weighted by Gasteiger charge is -2.32. The van der Waals surface area contributed by atoms with Gasteiger partial charge < -0.3 is 9.80 Å². The van der Waals surface area contributed by atoms with E-state index in [4.69, 9.17) is 23.2 Å². The first-order valence-electron chi connectivity index (χ1n) is 6.50. The molecule has 2 rings (SSSR count). The number of nitrogens with zero attached hydrogens (tertiary/aromatic N) is 2. The summed E-state index contributed by atoms with van der Waals surface area (Å²) in [6, 6.07) is 4.54. The summed E-state index contributed by atoms with van der Waals surface area (Å²) in [6.45, 7) is 2.90. The van der Waals surface area contributed by atoms with Crippen molar-refractivity contribution in [2.45, 2.75) is 6.92 Å². The molecule has 1 heterocycles. The lowest BCUT2D eigenvalue weighted by Crippen LogP contribution is -2.55. The number of amides is 2. The summed E-state index contributed by atoms with van der Waals surface area (Å²) in [7, 11) is 0. The maximum atomic E-state index is 12.2. The fourth-order valence-electron chi connectivity index (χ4n) is 2.14. The molecule has 0 aliphatic carbocycles. The molecule has 1 aliphatic heterocycles. The molecule has 7 heteroatoms. The zero-order valence-corrected chi connectivity index (χ0v) is 12.9. The summed E-state index contributed by atoms with van der Waals surface area (Å²) in [6.07, 6.45) is 0. The maximum absolute atomic E-state index is 12.2. The first-order valence-corrected chi connectivity index (χ1v) is 7.26. The Labute approximate surface area is 132 Å². The van der Waals surface area contributed by atoms with Crippen LogP contribution in [0.1, 0.15) is 17.3 Å². The van der Waals surface area contributed by atoms with E-state index in [0.717, 1.165) is 0 Å². The van der Waals surface area contributed by atoms with Crippen molar-refractivity contribution in [2.75, 3.05) is 26.2 Å². The normalized spacial score (nSPS) is 15.6. The van der Waals surface area contributed by atoms with Crippen LogP contribution in [0.2, 0.25) is 10.0 Å². The van der Waals surface area contributed by atoms with Gasteiger partial charge in [-0.15, -0.1) is 0 Å². The Morgan fingerprint density at radius 1 is 1.14 bits per heavy atom. The Balaban J connectivity index is 2.10. The molecule has 1 fully saturated rings. The predicted molar refractivity (Wildman–Crippen MR) is 79.6 cm³/mol. The van der Waals surface area contributed by atoms with E-state index in [0.29, 0.717) is 30.2 Å². The highest BCUT2D eigenvalue weighted by atomic mass is 35.5. The molecule has 0 aromatic heterocycles. The third-order valence-corrected chi connectivity index (χ3v) is 3.89. The largest absolute Gasteiger partial charge is 0.333 e. The molecule has 5 nitrogen and oxygen atoms in total. The van der Waals surface area contributed by atoms with Crippen molar-refractivity contribution in [3.63, 3.8) is 0 Å². The number of likely N-dealkylation sites (N-methyl/N-ethyl adjacent to an activating group) is 1. The molecule has 1 aliphatic rings. The standard InChI is InChI=1S/C14H14Cl2N2O3/c1-2-17-5-6-18(14(21)13(17)20)8-12(19)10-4-3-9(15)7-11(10)16/h3-4,7H,2,5-6,8H2,1H3. The van der Waals surface area contributed by atoms with E-state index >= 15 is 0 Å². The molecule has 0 unspecified atom stereocenters. The molecule has 1 saturated heterocycles. The average molecular weight is 329 g/mol. The summed E-state index contributed by atoms with van der Waals surface area (Å²) in [4.78, 5) is 38.6. The lowest BCUT2D eigenvalue weighted by molar-refractivity contribution is -0.155. The predicted octanol–water partition coefficient (Wildman–Crippen LogP) is 1.87.